The summed E-state index contributed by atoms with van der Waals surface area (Å²) in [5, 5.41) is 3.08. The lowest BCUT2D eigenvalue weighted by Crippen LogP contribution is -3.00. The maximum Gasteiger partial charge on any atom is 1.00 e. The van der Waals surface area contributed by atoms with Gasteiger partial charge >= 0.3 is 1.43 Å². The first-order chi connectivity index (χ1) is 9.20. The second kappa shape index (κ2) is 7.98. The number of halogens is 3. The molecule has 0 aliphatic rings. The Balaban J connectivity index is 0.00000200. The van der Waals surface area contributed by atoms with Gasteiger partial charge in [-0.15, -0.1) is 0 Å². The zero-order valence-electron chi connectivity index (χ0n) is 12.2. The monoisotopic (exact) mass is 297 g/mol. The van der Waals surface area contributed by atoms with Gasteiger partial charge in [0.25, 0.3) is 0 Å². The van der Waals surface area contributed by atoms with E-state index < -0.39 is 0 Å². The van der Waals surface area contributed by atoms with Crippen molar-refractivity contribution in [2.75, 3.05) is 13.6 Å². The first-order valence-corrected chi connectivity index (χ1v) is 6.36. The highest BCUT2D eigenvalue weighted by Gasteiger charge is 2.14. The third-order valence-electron chi connectivity index (χ3n) is 3.19. The van der Waals surface area contributed by atoms with Crippen molar-refractivity contribution < 1.29 is 22.6 Å². The average molecular weight is 298 g/mol. The quantitative estimate of drug-likeness (QED) is 0.862. The third kappa shape index (κ3) is 4.29. The molecular formula is C16H18ClF2N. The molecule has 0 radical (unpaired) electrons. The van der Waals surface area contributed by atoms with Gasteiger partial charge in [0.2, 0.25) is 0 Å². The molecule has 0 amide bonds. The van der Waals surface area contributed by atoms with Gasteiger partial charge in [-0.25, -0.2) is 8.78 Å². The van der Waals surface area contributed by atoms with Crippen molar-refractivity contribution in [1.29, 1.82) is 0 Å². The van der Waals surface area contributed by atoms with E-state index in [-0.39, 0.29) is 31.4 Å². The van der Waals surface area contributed by atoms with Crippen LogP contribution >= 0.6 is 0 Å². The lowest BCUT2D eigenvalue weighted by molar-refractivity contribution is -0.00000514. The summed E-state index contributed by atoms with van der Waals surface area (Å²) >= 11 is 0. The molecule has 0 aromatic heterocycles. The van der Waals surface area contributed by atoms with E-state index in [1.54, 1.807) is 12.1 Å². The normalized spacial score (nSPS) is 10.4. The summed E-state index contributed by atoms with van der Waals surface area (Å²) in [4.78, 5) is 0. The molecule has 0 aliphatic heterocycles. The van der Waals surface area contributed by atoms with E-state index in [1.165, 1.54) is 24.3 Å². The SMILES string of the molecule is CNCCC(c1cccc(F)c1)c1cccc(F)c1.[Cl-].[H+]. The van der Waals surface area contributed by atoms with E-state index in [0.29, 0.717) is 0 Å². The summed E-state index contributed by atoms with van der Waals surface area (Å²) in [6.45, 7) is 0.789. The van der Waals surface area contributed by atoms with Gasteiger partial charge in [0, 0.05) is 5.92 Å². The van der Waals surface area contributed by atoms with Gasteiger partial charge in [-0.3, -0.25) is 0 Å². The Labute approximate surface area is 125 Å². The predicted octanol–water partition coefficient (Wildman–Crippen LogP) is 0.823. The Kier molecular flexibility index (Phi) is 6.62. The fourth-order valence-corrected chi connectivity index (χ4v) is 2.26. The van der Waals surface area contributed by atoms with Crippen LogP contribution in [0.3, 0.4) is 0 Å². The molecule has 20 heavy (non-hydrogen) atoms. The summed E-state index contributed by atoms with van der Waals surface area (Å²) in [5.41, 5.74) is 1.75. The van der Waals surface area contributed by atoms with Crippen LogP contribution in [0.5, 0.6) is 0 Å². The van der Waals surface area contributed by atoms with Gasteiger partial charge in [0.05, 0.1) is 0 Å². The maximum atomic E-state index is 13.4. The van der Waals surface area contributed by atoms with Crippen molar-refractivity contribution in [3.8, 4) is 0 Å². The summed E-state index contributed by atoms with van der Waals surface area (Å²) in [6.07, 6.45) is 0.795. The minimum atomic E-state index is -0.261. The molecule has 0 fully saturated rings. The largest absolute Gasteiger partial charge is 1.00 e. The molecule has 0 aliphatic carbocycles. The zero-order chi connectivity index (χ0) is 13.7. The van der Waals surface area contributed by atoms with Crippen LogP contribution in [-0.4, -0.2) is 13.6 Å². The molecule has 0 spiro atoms. The average Bonchev–Trinajstić information content (AvgIpc) is 2.39. The molecule has 0 bridgehead atoms. The lowest BCUT2D eigenvalue weighted by atomic mass is 9.88. The van der Waals surface area contributed by atoms with E-state index in [4.69, 9.17) is 0 Å². The van der Waals surface area contributed by atoms with Crippen molar-refractivity contribution in [2.45, 2.75) is 12.3 Å². The van der Waals surface area contributed by atoms with E-state index in [1.807, 2.05) is 19.2 Å². The van der Waals surface area contributed by atoms with Gasteiger partial charge in [-0.2, -0.15) is 0 Å². The van der Waals surface area contributed by atoms with E-state index >= 15 is 0 Å². The molecule has 108 valence electrons. The fourth-order valence-electron chi connectivity index (χ4n) is 2.26. The van der Waals surface area contributed by atoms with Crippen LogP contribution in [0.25, 0.3) is 0 Å². The van der Waals surface area contributed by atoms with Gasteiger partial charge in [0.1, 0.15) is 11.6 Å². The van der Waals surface area contributed by atoms with Crippen molar-refractivity contribution in [3.05, 3.63) is 71.3 Å². The number of benzene rings is 2. The van der Waals surface area contributed by atoms with Crippen molar-refractivity contribution >= 4 is 0 Å². The lowest BCUT2D eigenvalue weighted by Gasteiger charge is -2.18. The summed E-state index contributed by atoms with van der Waals surface area (Å²) in [6, 6.07) is 13.0. The molecule has 2 aromatic carbocycles. The number of hydrogen-bond donors (Lipinski definition) is 1. The Morgan fingerprint density at radius 3 is 1.90 bits per heavy atom. The number of nitrogens with one attached hydrogen (secondary N) is 1. The molecule has 4 heteroatoms. The van der Waals surface area contributed by atoms with Gasteiger partial charge in [-0.05, 0) is 55.4 Å². The van der Waals surface area contributed by atoms with Gasteiger partial charge < -0.3 is 17.7 Å². The van der Waals surface area contributed by atoms with E-state index in [0.717, 1.165) is 24.1 Å². The minimum absolute atomic E-state index is 0. The second-order valence-electron chi connectivity index (χ2n) is 4.55. The van der Waals surface area contributed by atoms with Crippen LogP contribution in [-0.2, 0) is 0 Å². The maximum absolute atomic E-state index is 13.4. The molecule has 0 atom stereocenters. The highest BCUT2D eigenvalue weighted by molar-refractivity contribution is 5.33. The molecule has 0 saturated carbocycles. The number of hydrogen-bond acceptors (Lipinski definition) is 1. The van der Waals surface area contributed by atoms with Crippen molar-refractivity contribution in [2.24, 2.45) is 0 Å². The number of rotatable bonds is 5. The summed E-state index contributed by atoms with van der Waals surface area (Å²) in [7, 11) is 1.87. The van der Waals surface area contributed by atoms with E-state index in [9.17, 15) is 8.78 Å². The smallest absolute Gasteiger partial charge is 1.00 e. The van der Waals surface area contributed by atoms with Crippen LogP contribution in [0, 0.1) is 11.6 Å². The first-order valence-electron chi connectivity index (χ1n) is 6.36. The Bertz CT molecular complexity index is 506. The van der Waals surface area contributed by atoms with Crippen LogP contribution in [0.15, 0.2) is 48.5 Å². The molecule has 0 saturated heterocycles. The van der Waals surface area contributed by atoms with E-state index in [2.05, 4.69) is 5.32 Å². The van der Waals surface area contributed by atoms with Crippen LogP contribution in [0.1, 0.15) is 24.9 Å². The summed E-state index contributed by atoms with van der Waals surface area (Å²) < 4.78 is 26.7. The predicted molar refractivity (Wildman–Crippen MR) is 74.3 cm³/mol. The second-order valence-corrected chi connectivity index (χ2v) is 4.55. The molecule has 2 aromatic rings. The summed E-state index contributed by atoms with van der Waals surface area (Å²) in [5.74, 6) is -0.523. The van der Waals surface area contributed by atoms with Gasteiger partial charge in [0.15, 0.2) is 0 Å². The highest BCUT2D eigenvalue weighted by atomic mass is 35.5. The molecule has 1 nitrogen and oxygen atoms in total. The molecule has 0 unspecified atom stereocenters. The Hall–Kier alpha value is -1.45. The molecule has 0 heterocycles. The van der Waals surface area contributed by atoms with Crippen LogP contribution in [0.2, 0.25) is 0 Å². The van der Waals surface area contributed by atoms with Crippen molar-refractivity contribution in [3.63, 3.8) is 0 Å². The molecular weight excluding hydrogens is 280 g/mol. The first kappa shape index (κ1) is 16.6. The fraction of sp³-hybridized carbons (Fsp3) is 0.250. The zero-order valence-corrected chi connectivity index (χ0v) is 12.0. The standard InChI is InChI=1S/C16H17F2N.ClH/c1-19-9-8-16(12-4-2-6-14(17)10-12)13-5-3-7-15(18)11-13;/h2-7,10-11,16,19H,8-9H2,1H3;1H. The Morgan fingerprint density at radius 2 is 1.50 bits per heavy atom. The third-order valence-corrected chi connectivity index (χ3v) is 3.19. The topological polar surface area (TPSA) is 12.0 Å². The molecule has 1 N–H and O–H groups in total. The highest BCUT2D eigenvalue weighted by Crippen LogP contribution is 2.28. The minimum Gasteiger partial charge on any atom is -1.00 e. The van der Waals surface area contributed by atoms with Crippen LogP contribution < -0.4 is 17.7 Å². The molecule has 2 rings (SSSR count). The van der Waals surface area contributed by atoms with Gasteiger partial charge in [-0.1, -0.05) is 24.3 Å². The van der Waals surface area contributed by atoms with Crippen molar-refractivity contribution in [1.82, 2.24) is 5.32 Å². The Morgan fingerprint density at radius 1 is 1.00 bits per heavy atom. The van der Waals surface area contributed by atoms with Crippen LogP contribution in [0.4, 0.5) is 8.78 Å².